The molecule has 0 amide bonds. The van der Waals surface area contributed by atoms with Crippen LogP contribution in [-0.4, -0.2) is 43.4 Å². The second kappa shape index (κ2) is 10.9. The van der Waals surface area contributed by atoms with Crippen LogP contribution in [0.25, 0.3) is 17.0 Å². The van der Waals surface area contributed by atoms with Crippen LogP contribution >= 0.6 is 0 Å². The lowest BCUT2D eigenvalue weighted by molar-refractivity contribution is -0.137. The molecule has 10 heteroatoms. The number of alkyl halides is 3. The average Bonchev–Trinajstić information content (AvgIpc) is 3.27. The fraction of sp³-hybridized carbons (Fsp3) is 0.267. The molecule has 0 radical (unpaired) electrons. The van der Waals surface area contributed by atoms with Gasteiger partial charge in [-0.2, -0.15) is 13.2 Å². The molecule has 4 aromatic rings. The Labute approximate surface area is 230 Å². The van der Waals surface area contributed by atoms with E-state index in [1.54, 1.807) is 24.3 Å². The molecule has 40 heavy (non-hydrogen) atoms. The van der Waals surface area contributed by atoms with Crippen molar-refractivity contribution in [2.75, 3.05) is 13.7 Å². The molecule has 0 unspecified atom stereocenters. The van der Waals surface area contributed by atoms with Crippen LogP contribution in [-0.2, 0) is 32.3 Å². The molecule has 6 nitrogen and oxygen atoms in total. The highest BCUT2D eigenvalue weighted by atomic mass is 32.2. The topological polar surface area (TPSA) is 77.8 Å². The summed E-state index contributed by atoms with van der Waals surface area (Å²) in [5, 5.41) is 11.0. The van der Waals surface area contributed by atoms with Crippen LogP contribution in [0.5, 0.6) is 0 Å². The van der Waals surface area contributed by atoms with Crippen molar-refractivity contribution >= 4 is 27.0 Å². The molecular weight excluding hydrogens is 543 g/mol. The maximum absolute atomic E-state index is 14.0. The molecule has 0 saturated carbocycles. The predicted molar refractivity (Wildman–Crippen MR) is 145 cm³/mol. The molecular formula is C30H28F3NO5S. The SMILES string of the molecule is COC[C@@H](O)[C@H]1OCc2c(c3cc(C(F)(F)F)ccc3n2S(=O)(=O)c2ccc(C)cc2)[C@@H]1/C=C/c1ccccc1. The number of aryl methyl sites for hydroxylation is 1. The zero-order valence-corrected chi connectivity index (χ0v) is 22.6. The number of aliphatic hydroxyl groups is 1. The first-order chi connectivity index (χ1) is 19.0. The van der Waals surface area contributed by atoms with Gasteiger partial charge < -0.3 is 14.6 Å². The standard InChI is InChI=1S/C30H28F3NO5S/c1-19-8-12-22(13-9-19)40(36,37)34-25-15-11-21(30(31,32)33)16-24(25)28-23(14-10-20-6-4-3-5-7-20)29(27(35)18-38-2)39-17-26(28)34/h3-16,23,27,29,35H,17-18H2,1-2H3/b14-10+/t23-,27+,29-/m0/s1. The van der Waals surface area contributed by atoms with Crippen LogP contribution in [0, 0.1) is 6.92 Å². The summed E-state index contributed by atoms with van der Waals surface area (Å²) in [6, 6.07) is 18.5. The minimum absolute atomic E-state index is 0.00406. The van der Waals surface area contributed by atoms with Crippen LogP contribution in [0.3, 0.4) is 0 Å². The summed E-state index contributed by atoms with van der Waals surface area (Å²) in [7, 11) is -2.80. The highest BCUT2D eigenvalue weighted by Crippen LogP contribution is 2.44. The number of benzene rings is 3. The van der Waals surface area contributed by atoms with E-state index in [0.29, 0.717) is 5.56 Å². The van der Waals surface area contributed by atoms with Crippen LogP contribution in [0.1, 0.15) is 33.9 Å². The number of rotatable bonds is 7. The number of halogens is 3. The average molecular weight is 572 g/mol. The lowest BCUT2D eigenvalue weighted by atomic mass is 9.85. The van der Waals surface area contributed by atoms with Gasteiger partial charge in [-0.15, -0.1) is 0 Å². The lowest BCUT2D eigenvalue weighted by Crippen LogP contribution is -2.40. The second-order valence-corrected chi connectivity index (χ2v) is 11.6. The van der Waals surface area contributed by atoms with E-state index in [1.807, 2.05) is 37.3 Å². The first-order valence-corrected chi connectivity index (χ1v) is 14.0. The molecule has 0 fully saturated rings. The van der Waals surface area contributed by atoms with E-state index in [-0.39, 0.29) is 34.7 Å². The molecule has 0 saturated heterocycles. The van der Waals surface area contributed by atoms with Gasteiger partial charge in [-0.25, -0.2) is 12.4 Å². The van der Waals surface area contributed by atoms with E-state index < -0.39 is 39.9 Å². The van der Waals surface area contributed by atoms with Crippen molar-refractivity contribution in [3.63, 3.8) is 0 Å². The van der Waals surface area contributed by atoms with E-state index in [9.17, 15) is 26.7 Å². The fourth-order valence-electron chi connectivity index (χ4n) is 5.16. The second-order valence-electron chi connectivity index (χ2n) is 9.77. The van der Waals surface area contributed by atoms with E-state index in [2.05, 4.69) is 0 Å². The van der Waals surface area contributed by atoms with Crippen LogP contribution in [0.2, 0.25) is 0 Å². The lowest BCUT2D eigenvalue weighted by Gasteiger charge is -2.34. The number of fused-ring (bicyclic) bond motifs is 3. The molecule has 210 valence electrons. The Morgan fingerprint density at radius 1 is 1.10 bits per heavy atom. The largest absolute Gasteiger partial charge is 0.416 e. The number of nitrogens with zero attached hydrogens (tertiary/aromatic N) is 1. The quantitative estimate of drug-likeness (QED) is 0.299. The molecule has 5 rings (SSSR count). The Bertz CT molecular complexity index is 1640. The predicted octanol–water partition coefficient (Wildman–Crippen LogP) is 5.91. The molecule has 1 aliphatic heterocycles. The minimum Gasteiger partial charge on any atom is -0.388 e. The molecule has 0 spiro atoms. The van der Waals surface area contributed by atoms with E-state index in [4.69, 9.17) is 9.47 Å². The number of aromatic nitrogens is 1. The van der Waals surface area contributed by atoms with Gasteiger partial charge in [0.2, 0.25) is 0 Å². The summed E-state index contributed by atoms with van der Waals surface area (Å²) < 4.78 is 81.7. The first-order valence-electron chi connectivity index (χ1n) is 12.6. The molecule has 3 aromatic carbocycles. The van der Waals surface area contributed by atoms with Crippen LogP contribution < -0.4 is 0 Å². The van der Waals surface area contributed by atoms with Gasteiger partial charge in [0.1, 0.15) is 6.10 Å². The monoisotopic (exact) mass is 571 g/mol. The molecule has 3 atom stereocenters. The van der Waals surface area contributed by atoms with Crippen LogP contribution in [0.15, 0.2) is 83.8 Å². The highest BCUT2D eigenvalue weighted by Gasteiger charge is 2.41. The van der Waals surface area contributed by atoms with Crippen molar-refractivity contribution in [3.8, 4) is 0 Å². The van der Waals surface area contributed by atoms with Crippen LogP contribution in [0.4, 0.5) is 13.2 Å². The number of ether oxygens (including phenoxy) is 2. The smallest absolute Gasteiger partial charge is 0.388 e. The molecule has 0 aliphatic carbocycles. The van der Waals surface area contributed by atoms with Gasteiger partial charge >= 0.3 is 6.18 Å². The van der Waals surface area contributed by atoms with Gasteiger partial charge in [0.25, 0.3) is 10.0 Å². The first kappa shape index (κ1) is 28.1. The number of methoxy groups -OCH3 is 1. The summed E-state index contributed by atoms with van der Waals surface area (Å²) in [5.41, 5.74) is 1.44. The fourth-order valence-corrected chi connectivity index (χ4v) is 6.71. The Hall–Kier alpha value is -3.44. The maximum atomic E-state index is 14.0. The van der Waals surface area contributed by atoms with Gasteiger partial charge in [0.15, 0.2) is 0 Å². The van der Waals surface area contributed by atoms with Crippen molar-refractivity contribution in [1.82, 2.24) is 3.97 Å². The van der Waals surface area contributed by atoms with Crippen molar-refractivity contribution in [2.24, 2.45) is 0 Å². The molecule has 0 bridgehead atoms. The maximum Gasteiger partial charge on any atom is 0.416 e. The van der Waals surface area contributed by atoms with E-state index in [0.717, 1.165) is 27.2 Å². The Balaban J connectivity index is 1.79. The molecule has 1 aromatic heterocycles. The van der Waals surface area contributed by atoms with Gasteiger partial charge in [-0.1, -0.05) is 60.2 Å². The van der Waals surface area contributed by atoms with Crippen molar-refractivity contribution in [3.05, 3.63) is 107 Å². The summed E-state index contributed by atoms with van der Waals surface area (Å²) in [4.78, 5) is -0.00406. The third kappa shape index (κ3) is 5.19. The third-order valence-corrected chi connectivity index (χ3v) is 8.83. The third-order valence-electron chi connectivity index (χ3n) is 7.06. The Morgan fingerprint density at radius 2 is 1.80 bits per heavy atom. The molecule has 2 heterocycles. The molecule has 1 aliphatic rings. The van der Waals surface area contributed by atoms with Crippen molar-refractivity contribution < 1.29 is 36.2 Å². The van der Waals surface area contributed by atoms with Crippen molar-refractivity contribution in [1.29, 1.82) is 0 Å². The zero-order valence-electron chi connectivity index (χ0n) is 21.8. The number of hydrogen-bond donors (Lipinski definition) is 1. The number of aliphatic hydroxyl groups excluding tert-OH is 1. The molecule has 1 N–H and O–H groups in total. The Kier molecular flexibility index (Phi) is 7.62. The normalized spacial score (nSPS) is 18.8. The van der Waals surface area contributed by atoms with E-state index in [1.165, 1.54) is 25.3 Å². The minimum atomic E-state index is -4.64. The van der Waals surface area contributed by atoms with E-state index >= 15 is 0 Å². The van der Waals surface area contributed by atoms with Gasteiger partial charge in [0, 0.05) is 18.4 Å². The number of hydrogen-bond acceptors (Lipinski definition) is 5. The zero-order chi connectivity index (χ0) is 28.7. The summed E-state index contributed by atoms with van der Waals surface area (Å²) in [6.07, 6.45) is -3.15. The van der Waals surface area contributed by atoms with Gasteiger partial charge in [-0.3, -0.25) is 0 Å². The van der Waals surface area contributed by atoms with Crippen molar-refractivity contribution in [2.45, 2.75) is 42.7 Å². The highest BCUT2D eigenvalue weighted by molar-refractivity contribution is 7.90. The van der Waals surface area contributed by atoms with Gasteiger partial charge in [0.05, 0.1) is 41.0 Å². The summed E-state index contributed by atoms with van der Waals surface area (Å²) >= 11 is 0. The summed E-state index contributed by atoms with van der Waals surface area (Å²) in [6.45, 7) is 1.51. The Morgan fingerprint density at radius 3 is 2.45 bits per heavy atom. The van der Waals surface area contributed by atoms with Gasteiger partial charge in [-0.05, 0) is 48.4 Å². The summed E-state index contributed by atoms with van der Waals surface area (Å²) in [5.74, 6) is -0.783.